The molecule has 0 heterocycles. The van der Waals surface area contributed by atoms with Crippen LogP contribution in [0.1, 0.15) is 19.8 Å². The summed E-state index contributed by atoms with van der Waals surface area (Å²) in [7, 11) is 0. The Morgan fingerprint density at radius 2 is 2.06 bits per heavy atom. The van der Waals surface area contributed by atoms with Gasteiger partial charge < -0.3 is 10.0 Å². The molecule has 1 aliphatic rings. The smallest absolute Gasteiger partial charge is 0.403 e. The van der Waals surface area contributed by atoms with Crippen molar-refractivity contribution in [3.63, 3.8) is 0 Å². The van der Waals surface area contributed by atoms with Crippen LogP contribution in [0.3, 0.4) is 0 Å². The van der Waals surface area contributed by atoms with Crippen LogP contribution < -0.4 is 0 Å². The molecule has 0 aliphatic heterocycles. The summed E-state index contributed by atoms with van der Waals surface area (Å²) < 4.78 is 37.2. The maximum atomic E-state index is 12.4. The molecule has 6 heteroatoms. The molecule has 0 aromatic rings. The van der Waals surface area contributed by atoms with Gasteiger partial charge in [0.05, 0.1) is 0 Å². The third-order valence-corrected chi connectivity index (χ3v) is 2.79. The number of carboxylic acid groups (broad SMARTS) is 1. The Hall–Kier alpha value is -0.780. The highest BCUT2D eigenvalue weighted by atomic mass is 19.4. The van der Waals surface area contributed by atoms with Crippen LogP contribution in [0.2, 0.25) is 0 Å². The Bertz CT molecular complexity index is 251. The molecule has 0 aromatic heterocycles. The van der Waals surface area contributed by atoms with Crippen LogP contribution in [-0.4, -0.2) is 41.8 Å². The molecule has 0 amide bonds. The Kier molecular flexibility index (Phi) is 4.18. The summed E-state index contributed by atoms with van der Waals surface area (Å²) in [5.74, 6) is -3.60. The summed E-state index contributed by atoms with van der Waals surface area (Å²) in [6.45, 7) is 2.34. The standard InChI is InChI=1S/C10H16F3NO2/c1-2-14(5-7-3-4-7)6-8(9(15)16)10(11,12)13/h7-8H,2-6H2,1H3,(H,15,16). The van der Waals surface area contributed by atoms with Crippen molar-refractivity contribution >= 4 is 5.97 Å². The molecular formula is C10H16F3NO2. The van der Waals surface area contributed by atoms with Crippen LogP contribution in [-0.2, 0) is 4.79 Å². The summed E-state index contributed by atoms with van der Waals surface area (Å²) in [5, 5.41) is 8.56. The fourth-order valence-electron chi connectivity index (χ4n) is 1.58. The van der Waals surface area contributed by atoms with Crippen LogP contribution in [0, 0.1) is 11.8 Å². The largest absolute Gasteiger partial charge is 0.481 e. The number of alkyl halides is 3. The molecule has 1 saturated carbocycles. The van der Waals surface area contributed by atoms with Gasteiger partial charge in [0, 0.05) is 13.1 Å². The molecule has 1 fully saturated rings. The SMILES string of the molecule is CCN(CC1CC1)CC(C(=O)O)C(F)(F)F. The predicted molar refractivity (Wildman–Crippen MR) is 52.0 cm³/mol. The van der Waals surface area contributed by atoms with E-state index in [0.29, 0.717) is 19.0 Å². The van der Waals surface area contributed by atoms with E-state index in [-0.39, 0.29) is 0 Å². The highest BCUT2D eigenvalue weighted by Gasteiger charge is 2.46. The van der Waals surface area contributed by atoms with Crippen LogP contribution >= 0.6 is 0 Å². The minimum Gasteiger partial charge on any atom is -0.481 e. The van der Waals surface area contributed by atoms with E-state index in [2.05, 4.69) is 0 Å². The number of carboxylic acids is 1. The lowest BCUT2D eigenvalue weighted by Gasteiger charge is -2.25. The molecule has 16 heavy (non-hydrogen) atoms. The van der Waals surface area contributed by atoms with Gasteiger partial charge in [-0.05, 0) is 25.3 Å². The van der Waals surface area contributed by atoms with Gasteiger partial charge in [-0.15, -0.1) is 0 Å². The van der Waals surface area contributed by atoms with E-state index >= 15 is 0 Å². The number of rotatable bonds is 6. The molecule has 1 N–H and O–H groups in total. The number of aliphatic carboxylic acids is 1. The number of nitrogens with zero attached hydrogens (tertiary/aromatic N) is 1. The third kappa shape index (κ3) is 4.00. The Balaban J connectivity index is 2.54. The van der Waals surface area contributed by atoms with Gasteiger partial charge >= 0.3 is 12.1 Å². The van der Waals surface area contributed by atoms with Crippen molar-refractivity contribution in [2.24, 2.45) is 11.8 Å². The predicted octanol–water partition coefficient (Wildman–Crippen LogP) is 1.98. The second kappa shape index (κ2) is 5.03. The van der Waals surface area contributed by atoms with Crippen molar-refractivity contribution in [2.75, 3.05) is 19.6 Å². The van der Waals surface area contributed by atoms with Gasteiger partial charge in [-0.25, -0.2) is 0 Å². The van der Waals surface area contributed by atoms with E-state index in [1.54, 1.807) is 11.8 Å². The van der Waals surface area contributed by atoms with Crippen molar-refractivity contribution in [1.82, 2.24) is 4.90 Å². The van der Waals surface area contributed by atoms with E-state index in [9.17, 15) is 18.0 Å². The minimum atomic E-state index is -4.66. The van der Waals surface area contributed by atoms with Gasteiger partial charge in [0.15, 0.2) is 5.92 Å². The van der Waals surface area contributed by atoms with Crippen molar-refractivity contribution in [2.45, 2.75) is 25.9 Å². The van der Waals surface area contributed by atoms with E-state index < -0.39 is 24.6 Å². The van der Waals surface area contributed by atoms with Crippen molar-refractivity contribution in [3.05, 3.63) is 0 Å². The Morgan fingerprint density at radius 3 is 2.38 bits per heavy atom. The van der Waals surface area contributed by atoms with Crippen LogP contribution in [0.5, 0.6) is 0 Å². The lowest BCUT2D eigenvalue weighted by Crippen LogP contribution is -2.42. The average Bonchev–Trinajstić information content (AvgIpc) is 2.92. The van der Waals surface area contributed by atoms with Gasteiger partial charge in [0.25, 0.3) is 0 Å². The molecule has 94 valence electrons. The first-order chi connectivity index (χ1) is 7.34. The average molecular weight is 239 g/mol. The van der Waals surface area contributed by atoms with Crippen molar-refractivity contribution in [1.29, 1.82) is 0 Å². The normalized spacial score (nSPS) is 18.8. The van der Waals surface area contributed by atoms with Crippen molar-refractivity contribution in [3.8, 4) is 0 Å². The quantitative estimate of drug-likeness (QED) is 0.770. The fourth-order valence-corrected chi connectivity index (χ4v) is 1.58. The van der Waals surface area contributed by atoms with E-state index in [0.717, 1.165) is 12.8 Å². The summed E-state index contributed by atoms with van der Waals surface area (Å²) >= 11 is 0. The Morgan fingerprint density at radius 1 is 1.50 bits per heavy atom. The third-order valence-electron chi connectivity index (χ3n) is 2.79. The summed E-state index contributed by atoms with van der Waals surface area (Å²) in [4.78, 5) is 12.1. The number of hydrogen-bond acceptors (Lipinski definition) is 2. The summed E-state index contributed by atoms with van der Waals surface area (Å²) in [6.07, 6.45) is -2.58. The lowest BCUT2D eigenvalue weighted by molar-refractivity contribution is -0.196. The summed E-state index contributed by atoms with van der Waals surface area (Å²) in [5.41, 5.74) is 0. The first-order valence-corrected chi connectivity index (χ1v) is 5.36. The second-order valence-electron chi connectivity index (χ2n) is 4.23. The molecule has 1 unspecified atom stereocenters. The van der Waals surface area contributed by atoms with Gasteiger partial charge in [-0.3, -0.25) is 4.79 Å². The van der Waals surface area contributed by atoms with Gasteiger partial charge in [-0.1, -0.05) is 6.92 Å². The molecule has 0 radical (unpaired) electrons. The van der Waals surface area contributed by atoms with Crippen LogP contribution in [0.4, 0.5) is 13.2 Å². The summed E-state index contributed by atoms with van der Waals surface area (Å²) in [6, 6.07) is 0. The molecule has 3 nitrogen and oxygen atoms in total. The molecule has 0 aromatic carbocycles. The molecule has 0 bridgehead atoms. The van der Waals surface area contributed by atoms with Crippen LogP contribution in [0.15, 0.2) is 0 Å². The van der Waals surface area contributed by atoms with Gasteiger partial charge in [-0.2, -0.15) is 13.2 Å². The first kappa shape index (κ1) is 13.3. The minimum absolute atomic E-state index is 0.439. The highest BCUT2D eigenvalue weighted by Crippen LogP contribution is 2.32. The zero-order chi connectivity index (χ0) is 12.3. The second-order valence-corrected chi connectivity index (χ2v) is 4.23. The Labute approximate surface area is 92.2 Å². The highest BCUT2D eigenvalue weighted by molar-refractivity contribution is 5.71. The molecule has 0 spiro atoms. The zero-order valence-corrected chi connectivity index (χ0v) is 9.13. The van der Waals surface area contributed by atoms with E-state index in [4.69, 9.17) is 5.11 Å². The van der Waals surface area contributed by atoms with Crippen molar-refractivity contribution < 1.29 is 23.1 Å². The zero-order valence-electron chi connectivity index (χ0n) is 9.13. The van der Waals surface area contributed by atoms with Gasteiger partial charge in [0.1, 0.15) is 0 Å². The number of halogens is 3. The maximum absolute atomic E-state index is 12.4. The first-order valence-electron chi connectivity index (χ1n) is 5.36. The molecule has 1 rings (SSSR count). The molecular weight excluding hydrogens is 223 g/mol. The number of hydrogen-bond donors (Lipinski definition) is 1. The molecule has 0 saturated heterocycles. The van der Waals surface area contributed by atoms with E-state index in [1.807, 2.05) is 0 Å². The fraction of sp³-hybridized carbons (Fsp3) is 0.900. The van der Waals surface area contributed by atoms with Gasteiger partial charge in [0.2, 0.25) is 0 Å². The lowest BCUT2D eigenvalue weighted by atomic mass is 10.1. The topological polar surface area (TPSA) is 40.5 Å². The maximum Gasteiger partial charge on any atom is 0.403 e. The molecule has 1 aliphatic carbocycles. The number of carbonyl (C=O) groups is 1. The van der Waals surface area contributed by atoms with E-state index in [1.165, 1.54) is 0 Å². The molecule has 1 atom stereocenters. The van der Waals surface area contributed by atoms with Crippen LogP contribution in [0.25, 0.3) is 0 Å². The monoisotopic (exact) mass is 239 g/mol.